The lowest BCUT2D eigenvalue weighted by Gasteiger charge is -2.20. The largest absolute Gasteiger partial charge is 0.397 e. The van der Waals surface area contributed by atoms with E-state index in [4.69, 9.17) is 17.3 Å². The number of rotatable bonds is 6. The number of hydrogen-bond donors (Lipinski definition) is 3. The maximum absolute atomic E-state index is 11.9. The van der Waals surface area contributed by atoms with E-state index in [1.165, 1.54) is 12.3 Å². The lowest BCUT2D eigenvalue weighted by atomic mass is 9.96. The van der Waals surface area contributed by atoms with E-state index in [2.05, 4.69) is 10.3 Å². The van der Waals surface area contributed by atoms with Crippen LogP contribution in [0, 0.1) is 5.92 Å². The number of pyridine rings is 1. The monoisotopic (exact) mass is 285 g/mol. The van der Waals surface area contributed by atoms with Gasteiger partial charge in [0.25, 0.3) is 5.91 Å². The van der Waals surface area contributed by atoms with E-state index in [-0.39, 0.29) is 29.1 Å². The van der Waals surface area contributed by atoms with Crippen LogP contribution in [0.5, 0.6) is 0 Å². The number of aliphatic hydroxyl groups is 1. The first-order valence-corrected chi connectivity index (χ1v) is 6.74. The highest BCUT2D eigenvalue weighted by Gasteiger charge is 2.18. The molecule has 0 spiro atoms. The molecule has 1 amide bonds. The highest BCUT2D eigenvalue weighted by atomic mass is 35.5. The average molecular weight is 286 g/mol. The van der Waals surface area contributed by atoms with Crippen molar-refractivity contribution in [3.05, 3.63) is 23.0 Å². The first-order chi connectivity index (χ1) is 8.99. The predicted octanol–water partition coefficient (Wildman–Crippen LogP) is 1.84. The van der Waals surface area contributed by atoms with Gasteiger partial charge in [-0.25, -0.2) is 4.98 Å². The molecule has 1 aromatic rings. The van der Waals surface area contributed by atoms with Crippen LogP contribution in [0.15, 0.2) is 12.3 Å². The smallest absolute Gasteiger partial charge is 0.254 e. The molecule has 0 aliphatic heterocycles. The van der Waals surface area contributed by atoms with Crippen LogP contribution in [0.2, 0.25) is 5.15 Å². The van der Waals surface area contributed by atoms with E-state index in [9.17, 15) is 9.90 Å². The van der Waals surface area contributed by atoms with E-state index in [1.807, 2.05) is 13.8 Å². The SMILES string of the molecule is CCC(CC)C(O)CNC(=O)c1cc(N)cnc1Cl. The molecule has 1 atom stereocenters. The molecule has 1 aromatic heterocycles. The highest BCUT2D eigenvalue weighted by molar-refractivity contribution is 6.32. The number of hydrogen-bond acceptors (Lipinski definition) is 4. The van der Waals surface area contributed by atoms with Crippen molar-refractivity contribution in [2.75, 3.05) is 12.3 Å². The first-order valence-electron chi connectivity index (χ1n) is 6.36. The number of nitrogens with zero attached hydrogens (tertiary/aromatic N) is 1. The maximum atomic E-state index is 11.9. The fourth-order valence-corrected chi connectivity index (χ4v) is 2.10. The van der Waals surface area contributed by atoms with Gasteiger partial charge in [0.05, 0.1) is 23.6 Å². The Morgan fingerprint density at radius 2 is 2.16 bits per heavy atom. The van der Waals surface area contributed by atoms with Crippen molar-refractivity contribution in [1.82, 2.24) is 10.3 Å². The van der Waals surface area contributed by atoms with Gasteiger partial charge in [-0.2, -0.15) is 0 Å². The Morgan fingerprint density at radius 3 is 2.74 bits per heavy atom. The molecule has 1 heterocycles. The lowest BCUT2D eigenvalue weighted by Crippen LogP contribution is -2.36. The summed E-state index contributed by atoms with van der Waals surface area (Å²) >= 11 is 5.83. The minimum atomic E-state index is -0.563. The summed E-state index contributed by atoms with van der Waals surface area (Å²) in [5, 5.41) is 12.7. The Bertz CT molecular complexity index is 436. The van der Waals surface area contributed by atoms with Gasteiger partial charge in [0, 0.05) is 6.54 Å². The zero-order valence-corrected chi connectivity index (χ0v) is 11.9. The summed E-state index contributed by atoms with van der Waals surface area (Å²) < 4.78 is 0. The minimum absolute atomic E-state index is 0.101. The number of halogens is 1. The maximum Gasteiger partial charge on any atom is 0.254 e. The van der Waals surface area contributed by atoms with Gasteiger partial charge in [0.15, 0.2) is 0 Å². The summed E-state index contributed by atoms with van der Waals surface area (Å²) in [6.07, 6.45) is 2.56. The second-order valence-electron chi connectivity index (χ2n) is 4.46. The van der Waals surface area contributed by atoms with Gasteiger partial charge in [0.2, 0.25) is 0 Å². The van der Waals surface area contributed by atoms with Gasteiger partial charge < -0.3 is 16.2 Å². The molecule has 5 nitrogen and oxygen atoms in total. The van der Waals surface area contributed by atoms with Crippen LogP contribution in [-0.2, 0) is 0 Å². The van der Waals surface area contributed by atoms with Gasteiger partial charge in [0.1, 0.15) is 5.15 Å². The number of nitrogens with two attached hydrogens (primary N) is 1. The van der Waals surface area contributed by atoms with Crippen molar-refractivity contribution in [1.29, 1.82) is 0 Å². The van der Waals surface area contributed by atoms with Crippen molar-refractivity contribution in [2.45, 2.75) is 32.8 Å². The number of carbonyl (C=O) groups is 1. The van der Waals surface area contributed by atoms with Gasteiger partial charge in [-0.15, -0.1) is 0 Å². The molecule has 4 N–H and O–H groups in total. The Kier molecular flexibility index (Phi) is 6.05. The molecular weight excluding hydrogens is 266 g/mol. The van der Waals surface area contributed by atoms with Crippen LogP contribution in [0.25, 0.3) is 0 Å². The number of amides is 1. The van der Waals surface area contributed by atoms with E-state index in [0.29, 0.717) is 5.69 Å². The second kappa shape index (κ2) is 7.31. The van der Waals surface area contributed by atoms with Crippen LogP contribution in [-0.4, -0.2) is 28.6 Å². The van der Waals surface area contributed by atoms with E-state index in [0.717, 1.165) is 12.8 Å². The van der Waals surface area contributed by atoms with Crippen molar-refractivity contribution in [3.63, 3.8) is 0 Å². The molecule has 0 aliphatic carbocycles. The van der Waals surface area contributed by atoms with Crippen LogP contribution in [0.3, 0.4) is 0 Å². The molecular formula is C13H20ClN3O2. The molecule has 1 rings (SSSR count). The number of nitrogen functional groups attached to an aromatic ring is 1. The zero-order valence-electron chi connectivity index (χ0n) is 11.2. The molecule has 0 radical (unpaired) electrons. The van der Waals surface area contributed by atoms with E-state index >= 15 is 0 Å². The zero-order chi connectivity index (χ0) is 14.4. The van der Waals surface area contributed by atoms with Crippen LogP contribution in [0.4, 0.5) is 5.69 Å². The summed E-state index contributed by atoms with van der Waals surface area (Å²) in [4.78, 5) is 15.7. The van der Waals surface area contributed by atoms with E-state index in [1.54, 1.807) is 0 Å². The third-order valence-corrected chi connectivity index (χ3v) is 3.47. The quantitative estimate of drug-likeness (QED) is 0.696. The topological polar surface area (TPSA) is 88.2 Å². The minimum Gasteiger partial charge on any atom is -0.397 e. The molecule has 19 heavy (non-hydrogen) atoms. The Morgan fingerprint density at radius 1 is 1.53 bits per heavy atom. The van der Waals surface area contributed by atoms with Gasteiger partial charge in [-0.3, -0.25) is 4.79 Å². The van der Waals surface area contributed by atoms with Crippen molar-refractivity contribution in [3.8, 4) is 0 Å². The van der Waals surface area contributed by atoms with Crippen molar-refractivity contribution in [2.24, 2.45) is 5.92 Å². The first kappa shape index (κ1) is 15.7. The normalized spacial score (nSPS) is 12.5. The van der Waals surface area contributed by atoms with Crippen LogP contribution < -0.4 is 11.1 Å². The Hall–Kier alpha value is -1.33. The Balaban J connectivity index is 2.63. The van der Waals surface area contributed by atoms with Gasteiger partial charge in [-0.1, -0.05) is 38.3 Å². The van der Waals surface area contributed by atoms with Crippen molar-refractivity contribution >= 4 is 23.2 Å². The number of aromatic nitrogens is 1. The third kappa shape index (κ3) is 4.36. The van der Waals surface area contributed by atoms with Gasteiger partial charge >= 0.3 is 0 Å². The molecule has 0 bridgehead atoms. The summed E-state index contributed by atoms with van der Waals surface area (Å²) in [6, 6.07) is 1.47. The molecule has 0 aliphatic rings. The lowest BCUT2D eigenvalue weighted by molar-refractivity contribution is 0.0816. The number of carbonyl (C=O) groups excluding carboxylic acids is 1. The fourth-order valence-electron chi connectivity index (χ4n) is 1.92. The van der Waals surface area contributed by atoms with Crippen LogP contribution in [0.1, 0.15) is 37.0 Å². The summed E-state index contributed by atoms with van der Waals surface area (Å²) in [7, 11) is 0. The molecule has 0 fully saturated rings. The molecule has 0 aromatic carbocycles. The fraction of sp³-hybridized carbons (Fsp3) is 0.538. The Labute approximate surface area is 118 Å². The standard InChI is InChI=1S/C13H20ClN3O2/c1-3-8(4-2)11(18)7-17-13(19)10-5-9(15)6-16-12(10)14/h5-6,8,11,18H,3-4,7,15H2,1-2H3,(H,17,19). The third-order valence-electron chi connectivity index (χ3n) is 3.17. The molecule has 0 saturated heterocycles. The predicted molar refractivity (Wildman–Crippen MR) is 76.1 cm³/mol. The highest BCUT2D eigenvalue weighted by Crippen LogP contribution is 2.16. The molecule has 106 valence electrons. The van der Waals surface area contributed by atoms with Crippen LogP contribution >= 0.6 is 11.6 Å². The number of nitrogens with one attached hydrogen (secondary N) is 1. The summed E-state index contributed by atoms with van der Waals surface area (Å²) in [6.45, 7) is 4.21. The number of anilines is 1. The average Bonchev–Trinajstić information content (AvgIpc) is 2.40. The molecule has 0 saturated carbocycles. The summed E-state index contributed by atoms with van der Waals surface area (Å²) in [5.74, 6) is -0.204. The van der Waals surface area contributed by atoms with E-state index < -0.39 is 6.10 Å². The molecule has 1 unspecified atom stereocenters. The second-order valence-corrected chi connectivity index (χ2v) is 4.82. The van der Waals surface area contributed by atoms with Crippen molar-refractivity contribution < 1.29 is 9.90 Å². The van der Waals surface area contributed by atoms with Gasteiger partial charge in [-0.05, 0) is 12.0 Å². The number of aliphatic hydroxyl groups excluding tert-OH is 1. The summed E-state index contributed by atoms with van der Waals surface area (Å²) in [5.41, 5.74) is 6.15. The molecule has 6 heteroatoms.